The number of nitrogens with zero attached hydrogens (tertiary/aromatic N) is 4. The van der Waals surface area contributed by atoms with Crippen LogP contribution in [-0.4, -0.2) is 20.4 Å². The van der Waals surface area contributed by atoms with Gasteiger partial charge in [-0.2, -0.15) is 9.78 Å². The average Bonchev–Trinajstić information content (AvgIpc) is 3.03. The van der Waals surface area contributed by atoms with Crippen molar-refractivity contribution in [3.63, 3.8) is 0 Å². The maximum absolute atomic E-state index is 13.1. The molecule has 5 nitrogen and oxygen atoms in total. The Labute approximate surface area is 190 Å². The highest BCUT2D eigenvalue weighted by Crippen LogP contribution is 2.24. The number of hydrogen-bond donors (Lipinski definition) is 0. The van der Waals surface area contributed by atoms with Crippen molar-refractivity contribution in [2.75, 3.05) is 0 Å². The van der Waals surface area contributed by atoms with E-state index in [0.717, 1.165) is 21.4 Å². The predicted octanol–water partition coefficient (Wildman–Crippen LogP) is 5.63. The molecule has 0 spiro atoms. The number of aryl methyl sites for hydroxylation is 3. The van der Waals surface area contributed by atoms with E-state index < -0.39 is 0 Å². The quantitative estimate of drug-likeness (QED) is 0.358. The monoisotopic (exact) mass is 476 g/mol. The molecule has 0 aliphatic rings. The first kappa shape index (κ1) is 21.2. The molecule has 0 aliphatic carbocycles. The van der Waals surface area contributed by atoms with Gasteiger partial charge in [-0.1, -0.05) is 35.0 Å². The molecule has 2 heterocycles. The van der Waals surface area contributed by atoms with E-state index >= 15 is 0 Å². The summed E-state index contributed by atoms with van der Waals surface area (Å²) in [6, 6.07) is 14.0. The second-order valence-corrected chi connectivity index (χ2v) is 8.70. The molecule has 0 unspecified atom stereocenters. The Hall–Kier alpha value is -2.99. The second kappa shape index (κ2) is 8.27. The SMILES string of the molecule is CCc1nc2ccc(Br)cc2c(=O)n1N=Cc1cc(C)n(-c2cccc(C)c2C)c1C. The maximum atomic E-state index is 13.1. The normalized spacial score (nSPS) is 11.7. The van der Waals surface area contributed by atoms with Crippen LogP contribution in [0.5, 0.6) is 0 Å². The zero-order chi connectivity index (χ0) is 22.3. The van der Waals surface area contributed by atoms with Gasteiger partial charge >= 0.3 is 0 Å². The summed E-state index contributed by atoms with van der Waals surface area (Å²) in [5.74, 6) is 0.638. The summed E-state index contributed by atoms with van der Waals surface area (Å²) in [5, 5.41) is 5.11. The summed E-state index contributed by atoms with van der Waals surface area (Å²) in [5.41, 5.74) is 7.37. The first-order valence-corrected chi connectivity index (χ1v) is 11.1. The molecule has 0 atom stereocenters. The van der Waals surface area contributed by atoms with E-state index in [1.54, 1.807) is 12.3 Å². The van der Waals surface area contributed by atoms with E-state index in [1.807, 2.05) is 19.1 Å². The fourth-order valence-electron chi connectivity index (χ4n) is 3.93. The lowest BCUT2D eigenvalue weighted by Gasteiger charge is -2.14. The lowest BCUT2D eigenvalue weighted by atomic mass is 10.1. The van der Waals surface area contributed by atoms with Crippen molar-refractivity contribution in [2.45, 2.75) is 41.0 Å². The molecular formula is C25H25BrN4O. The molecule has 4 rings (SSSR count). The van der Waals surface area contributed by atoms with Crippen LogP contribution >= 0.6 is 15.9 Å². The Morgan fingerprint density at radius 3 is 2.61 bits per heavy atom. The van der Waals surface area contributed by atoms with Crippen LogP contribution in [0.15, 0.2) is 56.8 Å². The lowest BCUT2D eigenvalue weighted by Crippen LogP contribution is -2.22. The fraction of sp³-hybridized carbons (Fsp3) is 0.240. The van der Waals surface area contributed by atoms with E-state index in [0.29, 0.717) is 23.1 Å². The van der Waals surface area contributed by atoms with Gasteiger partial charge in [0.25, 0.3) is 5.56 Å². The zero-order valence-electron chi connectivity index (χ0n) is 18.4. The minimum atomic E-state index is -0.164. The molecule has 0 bridgehead atoms. The largest absolute Gasteiger partial charge is 0.318 e. The Bertz CT molecular complexity index is 1400. The molecular weight excluding hydrogens is 452 g/mol. The van der Waals surface area contributed by atoms with Crippen molar-refractivity contribution in [2.24, 2.45) is 5.10 Å². The van der Waals surface area contributed by atoms with Gasteiger partial charge in [0, 0.05) is 33.5 Å². The minimum Gasteiger partial charge on any atom is -0.318 e. The third kappa shape index (κ3) is 3.76. The Morgan fingerprint density at radius 1 is 1.10 bits per heavy atom. The highest BCUT2D eigenvalue weighted by atomic mass is 79.9. The molecule has 0 aliphatic heterocycles. The number of rotatable bonds is 4. The molecule has 0 amide bonds. The van der Waals surface area contributed by atoms with Gasteiger partial charge in [-0.3, -0.25) is 4.79 Å². The minimum absolute atomic E-state index is 0.164. The molecule has 4 aromatic rings. The van der Waals surface area contributed by atoms with Gasteiger partial charge < -0.3 is 4.57 Å². The molecule has 2 aromatic heterocycles. The van der Waals surface area contributed by atoms with Crippen molar-refractivity contribution < 1.29 is 0 Å². The van der Waals surface area contributed by atoms with Crippen LogP contribution < -0.4 is 5.56 Å². The van der Waals surface area contributed by atoms with E-state index in [1.165, 1.54) is 21.5 Å². The smallest absolute Gasteiger partial charge is 0.282 e. The number of hydrogen-bond acceptors (Lipinski definition) is 3. The summed E-state index contributed by atoms with van der Waals surface area (Å²) < 4.78 is 4.50. The van der Waals surface area contributed by atoms with Crippen LogP contribution in [0.2, 0.25) is 0 Å². The van der Waals surface area contributed by atoms with E-state index in [9.17, 15) is 4.79 Å². The topological polar surface area (TPSA) is 52.2 Å². The van der Waals surface area contributed by atoms with Crippen molar-refractivity contribution in [1.82, 2.24) is 14.2 Å². The second-order valence-electron chi connectivity index (χ2n) is 7.79. The van der Waals surface area contributed by atoms with Gasteiger partial charge in [0.05, 0.1) is 17.1 Å². The van der Waals surface area contributed by atoms with Gasteiger partial charge in [-0.15, -0.1) is 0 Å². The first-order valence-electron chi connectivity index (χ1n) is 10.3. The third-order valence-electron chi connectivity index (χ3n) is 5.79. The van der Waals surface area contributed by atoms with Crippen molar-refractivity contribution in [3.8, 4) is 5.69 Å². The van der Waals surface area contributed by atoms with E-state index in [2.05, 4.69) is 82.5 Å². The first-order chi connectivity index (χ1) is 14.8. The lowest BCUT2D eigenvalue weighted by molar-refractivity contribution is 0.734. The average molecular weight is 477 g/mol. The number of aromatic nitrogens is 3. The van der Waals surface area contributed by atoms with Gasteiger partial charge in [0.2, 0.25) is 0 Å². The number of benzene rings is 2. The molecule has 6 heteroatoms. The van der Waals surface area contributed by atoms with Crippen LogP contribution in [-0.2, 0) is 6.42 Å². The third-order valence-corrected chi connectivity index (χ3v) is 6.28. The van der Waals surface area contributed by atoms with Crippen LogP contribution in [0, 0.1) is 27.7 Å². The summed E-state index contributed by atoms with van der Waals surface area (Å²) in [6.07, 6.45) is 2.37. The number of fused-ring (bicyclic) bond motifs is 1. The van der Waals surface area contributed by atoms with Crippen LogP contribution in [0.3, 0.4) is 0 Å². The molecule has 0 saturated carbocycles. The standard InChI is InChI=1S/C25H25BrN4O/c1-6-24-28-22-11-10-20(26)13-21(22)25(31)30(24)27-14-19-12-16(3)29(18(19)5)23-9-7-8-15(2)17(23)4/h7-14H,6H2,1-5H3. The number of halogens is 1. The molecule has 158 valence electrons. The van der Waals surface area contributed by atoms with Crippen LogP contribution in [0.4, 0.5) is 0 Å². The summed E-state index contributed by atoms with van der Waals surface area (Å²) in [6.45, 7) is 10.4. The highest BCUT2D eigenvalue weighted by Gasteiger charge is 2.13. The van der Waals surface area contributed by atoms with Crippen molar-refractivity contribution in [1.29, 1.82) is 0 Å². The van der Waals surface area contributed by atoms with Gasteiger partial charge in [-0.05, 0) is 69.2 Å². The Balaban J connectivity index is 1.83. The Morgan fingerprint density at radius 2 is 1.87 bits per heavy atom. The summed E-state index contributed by atoms with van der Waals surface area (Å²) in [7, 11) is 0. The zero-order valence-corrected chi connectivity index (χ0v) is 20.0. The molecule has 31 heavy (non-hydrogen) atoms. The predicted molar refractivity (Wildman–Crippen MR) is 131 cm³/mol. The van der Waals surface area contributed by atoms with Crippen LogP contribution in [0.1, 0.15) is 40.8 Å². The summed E-state index contributed by atoms with van der Waals surface area (Å²) in [4.78, 5) is 17.8. The fourth-order valence-corrected chi connectivity index (χ4v) is 4.29. The van der Waals surface area contributed by atoms with Gasteiger partial charge in [0.1, 0.15) is 5.82 Å². The molecule has 0 N–H and O–H groups in total. The Kier molecular flexibility index (Phi) is 5.67. The van der Waals surface area contributed by atoms with Crippen molar-refractivity contribution in [3.05, 3.63) is 91.2 Å². The van der Waals surface area contributed by atoms with Crippen molar-refractivity contribution >= 4 is 33.0 Å². The molecule has 0 radical (unpaired) electrons. The molecule has 0 saturated heterocycles. The van der Waals surface area contributed by atoms with Gasteiger partial charge in [-0.25, -0.2) is 4.98 Å². The highest BCUT2D eigenvalue weighted by molar-refractivity contribution is 9.10. The summed E-state index contributed by atoms with van der Waals surface area (Å²) >= 11 is 3.44. The van der Waals surface area contributed by atoms with E-state index in [-0.39, 0.29) is 5.56 Å². The van der Waals surface area contributed by atoms with E-state index in [4.69, 9.17) is 0 Å². The molecule has 0 fully saturated rings. The van der Waals surface area contributed by atoms with Gasteiger partial charge in [0.15, 0.2) is 0 Å². The molecule has 2 aromatic carbocycles. The maximum Gasteiger partial charge on any atom is 0.282 e. The van der Waals surface area contributed by atoms with Crippen LogP contribution in [0.25, 0.3) is 16.6 Å².